The Balaban J connectivity index is 2.39. The van der Waals surface area contributed by atoms with E-state index in [0.29, 0.717) is 5.92 Å². The number of benzene rings is 1. The van der Waals surface area contributed by atoms with E-state index in [1.807, 2.05) is 0 Å². The fraction of sp³-hybridized carbons (Fsp3) is 0.556. The van der Waals surface area contributed by atoms with Crippen LogP contribution in [0.1, 0.15) is 44.6 Å². The monoisotopic (exact) mass is 289 g/mol. The molecule has 0 saturated heterocycles. The van der Waals surface area contributed by atoms with E-state index in [1.54, 1.807) is 7.11 Å². The maximum Gasteiger partial charge on any atom is 0.137 e. The number of para-hydroxylation sites is 1. The Bertz CT molecular complexity index is 574. The summed E-state index contributed by atoms with van der Waals surface area (Å²) in [7, 11) is 1.78. The van der Waals surface area contributed by atoms with Gasteiger partial charge in [0.15, 0.2) is 0 Å². The smallest absolute Gasteiger partial charge is 0.137 e. The predicted molar refractivity (Wildman–Crippen MR) is 87.6 cm³/mol. The van der Waals surface area contributed by atoms with Gasteiger partial charge in [-0.2, -0.15) is 0 Å². The van der Waals surface area contributed by atoms with Gasteiger partial charge in [-0.1, -0.05) is 39.0 Å². The molecule has 0 aliphatic rings. The highest BCUT2D eigenvalue weighted by Gasteiger charge is 2.28. The molecule has 21 heavy (non-hydrogen) atoms. The molecule has 3 nitrogen and oxygen atoms in total. The molecule has 1 heterocycles. The zero-order chi connectivity index (χ0) is 15.4. The molecule has 1 N–H and O–H groups in total. The zero-order valence-electron chi connectivity index (χ0n) is 13.8. The van der Waals surface area contributed by atoms with Crippen LogP contribution in [0.3, 0.4) is 0 Å². The second-order valence-electron chi connectivity index (χ2n) is 6.02. The van der Waals surface area contributed by atoms with Gasteiger partial charge in [0.05, 0.1) is 12.1 Å². The summed E-state index contributed by atoms with van der Waals surface area (Å²) < 4.78 is 11.9. The highest BCUT2D eigenvalue weighted by atomic mass is 16.5. The van der Waals surface area contributed by atoms with Crippen molar-refractivity contribution >= 4 is 11.0 Å². The molecule has 0 bridgehead atoms. The highest BCUT2D eigenvalue weighted by Crippen LogP contribution is 2.31. The Morgan fingerprint density at radius 2 is 2.05 bits per heavy atom. The summed E-state index contributed by atoms with van der Waals surface area (Å²) in [5.74, 6) is 1.38. The minimum absolute atomic E-state index is 0.0850. The van der Waals surface area contributed by atoms with Crippen molar-refractivity contribution in [3.8, 4) is 0 Å². The average Bonchev–Trinajstić information content (AvgIpc) is 2.88. The molecule has 2 rings (SSSR count). The van der Waals surface area contributed by atoms with Crippen molar-refractivity contribution < 1.29 is 9.15 Å². The van der Waals surface area contributed by atoms with Gasteiger partial charge in [-0.15, -0.1) is 0 Å². The first kappa shape index (κ1) is 16.1. The molecule has 0 fully saturated rings. The van der Waals surface area contributed by atoms with Gasteiger partial charge in [0.1, 0.15) is 11.3 Å². The van der Waals surface area contributed by atoms with Crippen LogP contribution in [-0.4, -0.2) is 19.8 Å². The third kappa shape index (κ3) is 3.47. The van der Waals surface area contributed by atoms with E-state index in [4.69, 9.17) is 9.15 Å². The summed E-state index contributed by atoms with van der Waals surface area (Å²) in [6, 6.07) is 8.48. The molecule has 2 unspecified atom stereocenters. The third-order valence-electron chi connectivity index (χ3n) is 3.94. The van der Waals surface area contributed by atoms with Gasteiger partial charge >= 0.3 is 0 Å². The molecule has 1 aromatic carbocycles. The molecular formula is C18H27NO2. The molecule has 0 spiro atoms. The van der Waals surface area contributed by atoms with Crippen molar-refractivity contribution in [1.82, 2.24) is 5.32 Å². The van der Waals surface area contributed by atoms with Crippen molar-refractivity contribution in [1.29, 1.82) is 0 Å². The molecule has 0 aliphatic carbocycles. The van der Waals surface area contributed by atoms with E-state index in [2.05, 4.69) is 57.3 Å². The summed E-state index contributed by atoms with van der Waals surface area (Å²) in [5, 5.41) is 4.74. The average molecular weight is 289 g/mol. The number of ether oxygens (including phenoxy) is 1. The Morgan fingerprint density at radius 1 is 1.29 bits per heavy atom. The second kappa shape index (κ2) is 7.10. The van der Waals surface area contributed by atoms with Crippen molar-refractivity contribution in [2.45, 2.75) is 46.3 Å². The van der Waals surface area contributed by atoms with E-state index < -0.39 is 0 Å². The standard InChI is InChI=1S/C18H27NO2/c1-6-10-19-16(17(20-5)12(2)3)15-11-14-9-7-8-13(4)18(14)21-15/h7-9,11-12,16-17,19H,6,10H2,1-5H3. The van der Waals surface area contributed by atoms with E-state index in [-0.39, 0.29) is 12.1 Å². The number of rotatable bonds is 7. The third-order valence-corrected chi connectivity index (χ3v) is 3.94. The molecular weight excluding hydrogens is 262 g/mol. The second-order valence-corrected chi connectivity index (χ2v) is 6.02. The molecule has 0 amide bonds. The minimum Gasteiger partial charge on any atom is -0.459 e. The Morgan fingerprint density at radius 3 is 2.62 bits per heavy atom. The highest BCUT2D eigenvalue weighted by molar-refractivity contribution is 5.81. The molecule has 2 aromatic rings. The number of hydrogen-bond acceptors (Lipinski definition) is 3. The van der Waals surface area contributed by atoms with Crippen LogP contribution in [-0.2, 0) is 4.74 Å². The van der Waals surface area contributed by atoms with Gasteiger partial charge in [0.25, 0.3) is 0 Å². The lowest BCUT2D eigenvalue weighted by Crippen LogP contribution is -2.36. The largest absolute Gasteiger partial charge is 0.459 e. The number of nitrogens with one attached hydrogen (secondary N) is 1. The van der Waals surface area contributed by atoms with Gasteiger partial charge in [-0.25, -0.2) is 0 Å². The lowest BCUT2D eigenvalue weighted by atomic mass is 9.97. The maximum atomic E-state index is 6.15. The topological polar surface area (TPSA) is 34.4 Å². The molecule has 0 radical (unpaired) electrons. The molecule has 0 aliphatic heterocycles. The number of fused-ring (bicyclic) bond motifs is 1. The van der Waals surface area contributed by atoms with Crippen molar-refractivity contribution in [3.05, 3.63) is 35.6 Å². The fourth-order valence-electron chi connectivity index (χ4n) is 2.85. The zero-order valence-corrected chi connectivity index (χ0v) is 13.8. The van der Waals surface area contributed by atoms with Crippen LogP contribution in [0, 0.1) is 12.8 Å². The van der Waals surface area contributed by atoms with Gasteiger partial charge < -0.3 is 14.5 Å². The first-order chi connectivity index (χ1) is 10.1. The lowest BCUT2D eigenvalue weighted by molar-refractivity contribution is 0.0269. The van der Waals surface area contributed by atoms with Gasteiger partial charge in [-0.3, -0.25) is 0 Å². The molecule has 116 valence electrons. The summed E-state index contributed by atoms with van der Waals surface area (Å²) in [5.41, 5.74) is 2.15. The summed E-state index contributed by atoms with van der Waals surface area (Å²) in [6.45, 7) is 9.57. The van der Waals surface area contributed by atoms with Crippen LogP contribution in [0.2, 0.25) is 0 Å². The van der Waals surface area contributed by atoms with Crippen LogP contribution < -0.4 is 5.32 Å². The van der Waals surface area contributed by atoms with E-state index in [9.17, 15) is 0 Å². The van der Waals surface area contributed by atoms with Crippen molar-refractivity contribution in [3.63, 3.8) is 0 Å². The van der Waals surface area contributed by atoms with E-state index >= 15 is 0 Å². The lowest BCUT2D eigenvalue weighted by Gasteiger charge is -2.28. The number of methoxy groups -OCH3 is 1. The van der Waals surface area contributed by atoms with Crippen LogP contribution in [0.25, 0.3) is 11.0 Å². The summed E-state index contributed by atoms with van der Waals surface area (Å²) >= 11 is 0. The predicted octanol–water partition coefficient (Wildman–Crippen LogP) is 4.45. The number of hydrogen-bond donors (Lipinski definition) is 1. The van der Waals surface area contributed by atoms with Crippen LogP contribution in [0.5, 0.6) is 0 Å². The quantitative estimate of drug-likeness (QED) is 0.817. The number of furan rings is 1. The van der Waals surface area contributed by atoms with Gasteiger partial charge in [0, 0.05) is 12.5 Å². The van der Waals surface area contributed by atoms with Crippen molar-refractivity contribution in [2.24, 2.45) is 5.92 Å². The summed E-state index contributed by atoms with van der Waals surface area (Å²) in [4.78, 5) is 0. The number of aryl methyl sites for hydroxylation is 1. The van der Waals surface area contributed by atoms with Crippen molar-refractivity contribution in [2.75, 3.05) is 13.7 Å². The van der Waals surface area contributed by atoms with Gasteiger partial charge in [-0.05, 0) is 37.4 Å². The van der Waals surface area contributed by atoms with E-state index in [1.165, 1.54) is 5.56 Å². The first-order valence-electron chi connectivity index (χ1n) is 7.83. The maximum absolute atomic E-state index is 6.15. The fourth-order valence-corrected chi connectivity index (χ4v) is 2.85. The Hall–Kier alpha value is -1.32. The molecule has 3 heteroatoms. The summed E-state index contributed by atoms with van der Waals surface area (Å²) in [6.07, 6.45) is 1.18. The molecule has 1 aromatic heterocycles. The SMILES string of the molecule is CCCNC(c1cc2cccc(C)c2o1)C(OC)C(C)C. The normalized spacial score (nSPS) is 14.8. The Labute approximate surface area is 127 Å². The minimum atomic E-state index is 0.0850. The molecule has 0 saturated carbocycles. The van der Waals surface area contributed by atoms with E-state index in [0.717, 1.165) is 29.7 Å². The first-order valence-corrected chi connectivity index (χ1v) is 7.83. The van der Waals surface area contributed by atoms with Crippen LogP contribution in [0.4, 0.5) is 0 Å². The van der Waals surface area contributed by atoms with Gasteiger partial charge in [0.2, 0.25) is 0 Å². The molecule has 2 atom stereocenters. The van der Waals surface area contributed by atoms with Crippen LogP contribution in [0.15, 0.2) is 28.7 Å². The van der Waals surface area contributed by atoms with Crippen LogP contribution >= 0.6 is 0 Å². The Kier molecular flexibility index (Phi) is 5.43.